The Morgan fingerprint density at radius 3 is 2.76 bits per heavy atom. The molecular formula is C13H16N4. The van der Waals surface area contributed by atoms with Crippen molar-refractivity contribution in [2.75, 3.05) is 12.4 Å². The van der Waals surface area contributed by atoms with Gasteiger partial charge in [0.2, 0.25) is 5.95 Å². The van der Waals surface area contributed by atoms with Crippen molar-refractivity contribution < 1.29 is 0 Å². The molecule has 4 heteroatoms. The minimum atomic E-state index is 0.792. The number of anilines is 1. The molecule has 3 rings (SSSR count). The van der Waals surface area contributed by atoms with E-state index < -0.39 is 0 Å². The average Bonchev–Trinajstić information content (AvgIpc) is 2.94. The Balaban J connectivity index is 2.06. The van der Waals surface area contributed by atoms with Crippen LogP contribution < -0.4 is 5.32 Å². The van der Waals surface area contributed by atoms with Crippen LogP contribution in [0.1, 0.15) is 17.5 Å². The lowest BCUT2D eigenvalue weighted by Gasteiger charge is -2.05. The van der Waals surface area contributed by atoms with Crippen molar-refractivity contribution in [3.05, 3.63) is 29.3 Å². The maximum atomic E-state index is 4.23. The molecule has 0 unspecified atom stereocenters. The van der Waals surface area contributed by atoms with Crippen LogP contribution in [0.5, 0.6) is 0 Å². The Morgan fingerprint density at radius 1 is 1.18 bits per heavy atom. The highest BCUT2D eigenvalue weighted by molar-refractivity contribution is 5.60. The zero-order chi connectivity index (χ0) is 11.8. The summed E-state index contributed by atoms with van der Waals surface area (Å²) in [6, 6.07) is 6.63. The second kappa shape index (κ2) is 3.87. The maximum Gasteiger partial charge on any atom is 0.224 e. The largest absolute Gasteiger partial charge is 0.357 e. The fourth-order valence-corrected chi connectivity index (χ4v) is 2.51. The van der Waals surface area contributed by atoms with Crippen molar-refractivity contribution in [3.63, 3.8) is 0 Å². The van der Waals surface area contributed by atoms with Crippen LogP contribution in [0.25, 0.3) is 11.4 Å². The van der Waals surface area contributed by atoms with Gasteiger partial charge in [0.1, 0.15) is 0 Å². The van der Waals surface area contributed by atoms with E-state index in [1.165, 1.54) is 30.4 Å². The third-order valence-corrected chi connectivity index (χ3v) is 3.46. The lowest BCUT2D eigenvalue weighted by molar-refractivity contribution is 0.911. The highest BCUT2D eigenvalue weighted by Crippen LogP contribution is 2.27. The number of rotatable bonds is 2. The highest BCUT2D eigenvalue weighted by atomic mass is 15.3. The molecule has 1 aliphatic rings. The number of aryl methyl sites for hydroxylation is 2. The summed E-state index contributed by atoms with van der Waals surface area (Å²) in [5, 5.41) is 11.4. The van der Waals surface area contributed by atoms with Crippen molar-refractivity contribution in [2.45, 2.75) is 19.3 Å². The summed E-state index contributed by atoms with van der Waals surface area (Å²) in [4.78, 5) is 0. The molecular weight excluding hydrogens is 212 g/mol. The smallest absolute Gasteiger partial charge is 0.224 e. The molecule has 17 heavy (non-hydrogen) atoms. The molecule has 1 N–H and O–H groups in total. The fraction of sp³-hybridized carbons (Fsp3) is 0.385. The molecule has 0 saturated carbocycles. The van der Waals surface area contributed by atoms with Crippen LogP contribution in [-0.4, -0.2) is 21.8 Å². The number of hydrogen-bond donors (Lipinski definition) is 1. The van der Waals surface area contributed by atoms with E-state index >= 15 is 0 Å². The van der Waals surface area contributed by atoms with Crippen LogP contribution in [-0.2, 0) is 19.9 Å². The van der Waals surface area contributed by atoms with Crippen LogP contribution in [0.3, 0.4) is 0 Å². The molecule has 0 radical (unpaired) electrons. The van der Waals surface area contributed by atoms with Gasteiger partial charge < -0.3 is 5.32 Å². The van der Waals surface area contributed by atoms with Crippen molar-refractivity contribution in [2.24, 2.45) is 7.05 Å². The van der Waals surface area contributed by atoms with E-state index in [4.69, 9.17) is 0 Å². The second-order valence-electron chi connectivity index (χ2n) is 4.49. The summed E-state index contributed by atoms with van der Waals surface area (Å²) in [5.41, 5.74) is 4.11. The van der Waals surface area contributed by atoms with Gasteiger partial charge in [-0.25, -0.2) is 0 Å². The number of nitrogens with one attached hydrogen (secondary N) is 1. The quantitative estimate of drug-likeness (QED) is 0.855. The molecule has 0 atom stereocenters. The van der Waals surface area contributed by atoms with Gasteiger partial charge in [-0.05, 0) is 36.5 Å². The standard InChI is InChI=1S/C13H16N4/c1-14-13-16-15-12(17(13)2)11-7-6-9-4-3-5-10(9)8-11/h6-8H,3-5H2,1-2H3,(H,14,16). The predicted molar refractivity (Wildman–Crippen MR) is 68.0 cm³/mol. The van der Waals surface area contributed by atoms with Gasteiger partial charge in [-0.3, -0.25) is 4.57 Å². The second-order valence-corrected chi connectivity index (χ2v) is 4.49. The summed E-state index contributed by atoms with van der Waals surface area (Å²) in [6.45, 7) is 0. The maximum absolute atomic E-state index is 4.23. The average molecular weight is 228 g/mol. The zero-order valence-electron chi connectivity index (χ0n) is 10.2. The number of fused-ring (bicyclic) bond motifs is 1. The van der Waals surface area contributed by atoms with Crippen molar-refractivity contribution >= 4 is 5.95 Å². The van der Waals surface area contributed by atoms with Gasteiger partial charge in [0.15, 0.2) is 5.82 Å². The summed E-state index contributed by atoms with van der Waals surface area (Å²) in [6.07, 6.45) is 3.69. The Kier molecular flexibility index (Phi) is 2.35. The van der Waals surface area contributed by atoms with Crippen molar-refractivity contribution in [3.8, 4) is 11.4 Å². The topological polar surface area (TPSA) is 42.7 Å². The Labute approximate surface area is 101 Å². The monoisotopic (exact) mass is 228 g/mol. The number of nitrogens with zero attached hydrogens (tertiary/aromatic N) is 3. The Hall–Kier alpha value is -1.84. The molecule has 0 spiro atoms. The number of benzene rings is 1. The van der Waals surface area contributed by atoms with Gasteiger partial charge in [0, 0.05) is 19.7 Å². The van der Waals surface area contributed by atoms with Crippen LogP contribution in [0.2, 0.25) is 0 Å². The van der Waals surface area contributed by atoms with Gasteiger partial charge in [-0.1, -0.05) is 12.1 Å². The first-order valence-electron chi connectivity index (χ1n) is 5.99. The molecule has 0 saturated heterocycles. The molecule has 4 nitrogen and oxygen atoms in total. The Bertz CT molecular complexity index is 557. The van der Waals surface area contributed by atoms with Crippen molar-refractivity contribution in [1.82, 2.24) is 14.8 Å². The van der Waals surface area contributed by atoms with E-state index in [0.717, 1.165) is 17.3 Å². The summed E-state index contributed by atoms with van der Waals surface area (Å²) in [7, 11) is 3.84. The first-order chi connectivity index (χ1) is 8.29. The molecule has 88 valence electrons. The molecule has 0 amide bonds. The van der Waals surface area contributed by atoms with Crippen LogP contribution in [0.15, 0.2) is 18.2 Å². The first kappa shape index (κ1) is 10.3. The Morgan fingerprint density at radius 2 is 2.00 bits per heavy atom. The third kappa shape index (κ3) is 1.60. The minimum Gasteiger partial charge on any atom is -0.357 e. The van der Waals surface area contributed by atoms with Gasteiger partial charge in [-0.2, -0.15) is 0 Å². The normalized spacial score (nSPS) is 13.8. The van der Waals surface area contributed by atoms with Crippen LogP contribution in [0, 0.1) is 0 Å². The minimum absolute atomic E-state index is 0.792. The van der Waals surface area contributed by atoms with E-state index in [-0.39, 0.29) is 0 Å². The summed E-state index contributed by atoms with van der Waals surface area (Å²) >= 11 is 0. The van der Waals surface area contributed by atoms with E-state index in [1.54, 1.807) is 0 Å². The molecule has 0 fully saturated rings. The third-order valence-electron chi connectivity index (χ3n) is 3.46. The summed E-state index contributed by atoms with van der Waals surface area (Å²) < 4.78 is 1.98. The predicted octanol–water partition coefficient (Wildman–Crippen LogP) is 2.01. The van der Waals surface area contributed by atoms with Crippen LogP contribution in [0.4, 0.5) is 5.95 Å². The van der Waals surface area contributed by atoms with Crippen molar-refractivity contribution in [1.29, 1.82) is 0 Å². The molecule has 1 aromatic carbocycles. The fourth-order valence-electron chi connectivity index (χ4n) is 2.51. The van der Waals surface area contributed by atoms with Gasteiger partial charge in [-0.15, -0.1) is 10.2 Å². The van der Waals surface area contributed by atoms with Gasteiger partial charge in [0.05, 0.1) is 0 Å². The van der Waals surface area contributed by atoms with E-state index in [2.05, 4.69) is 33.7 Å². The van der Waals surface area contributed by atoms with E-state index in [9.17, 15) is 0 Å². The molecule has 1 aromatic heterocycles. The molecule has 2 aromatic rings. The van der Waals surface area contributed by atoms with E-state index in [1.807, 2.05) is 18.7 Å². The molecule has 0 aliphatic heterocycles. The molecule has 1 aliphatic carbocycles. The number of aromatic nitrogens is 3. The lowest BCUT2D eigenvalue weighted by Crippen LogP contribution is -2.00. The first-order valence-corrected chi connectivity index (χ1v) is 5.99. The number of hydrogen-bond acceptors (Lipinski definition) is 3. The molecule has 0 bridgehead atoms. The van der Waals surface area contributed by atoms with Gasteiger partial charge in [0.25, 0.3) is 0 Å². The van der Waals surface area contributed by atoms with E-state index in [0.29, 0.717) is 0 Å². The van der Waals surface area contributed by atoms with Crippen LogP contribution >= 0.6 is 0 Å². The SMILES string of the molecule is CNc1nnc(-c2ccc3c(c2)CCC3)n1C. The zero-order valence-corrected chi connectivity index (χ0v) is 10.2. The lowest BCUT2D eigenvalue weighted by atomic mass is 10.1. The van der Waals surface area contributed by atoms with Gasteiger partial charge >= 0.3 is 0 Å². The summed E-state index contributed by atoms with van der Waals surface area (Å²) in [5.74, 6) is 1.71. The molecule has 1 heterocycles. The highest BCUT2D eigenvalue weighted by Gasteiger charge is 2.14.